The molecule has 2 aromatic heterocycles. The van der Waals surface area contributed by atoms with Gasteiger partial charge in [0.25, 0.3) is 0 Å². The normalized spacial score (nSPS) is 10.7. The number of hydrogen-bond acceptors (Lipinski definition) is 6. The molecule has 0 aliphatic rings. The number of anilines is 1. The molecule has 0 radical (unpaired) electrons. The maximum absolute atomic E-state index is 11.9. The highest BCUT2D eigenvalue weighted by atomic mass is 32.2. The average molecular weight is 362 g/mol. The number of aromatic nitrogens is 2. The molecule has 0 saturated carbocycles. The Morgan fingerprint density at radius 2 is 2.09 bits per heavy atom. The van der Waals surface area contributed by atoms with Gasteiger partial charge in [0.15, 0.2) is 5.13 Å². The zero-order valence-corrected chi connectivity index (χ0v) is 14.9. The molecule has 4 nitrogen and oxygen atoms in total. The third-order valence-electron chi connectivity index (χ3n) is 3.03. The van der Waals surface area contributed by atoms with E-state index in [2.05, 4.69) is 46.5 Å². The predicted octanol–water partition coefficient (Wildman–Crippen LogP) is 4.38. The Balaban J connectivity index is 1.51. The second-order valence-electron chi connectivity index (χ2n) is 4.94. The maximum atomic E-state index is 11.9. The predicted molar refractivity (Wildman–Crippen MR) is 97.3 cm³/mol. The zero-order valence-electron chi connectivity index (χ0n) is 12.5. The van der Waals surface area contributed by atoms with Crippen molar-refractivity contribution in [3.05, 3.63) is 58.0 Å². The van der Waals surface area contributed by atoms with Gasteiger partial charge in [0, 0.05) is 22.7 Å². The first kappa shape index (κ1) is 16.2. The van der Waals surface area contributed by atoms with Crippen LogP contribution in [0.4, 0.5) is 5.13 Å². The van der Waals surface area contributed by atoms with Crippen molar-refractivity contribution in [2.45, 2.75) is 23.4 Å². The summed E-state index contributed by atoms with van der Waals surface area (Å²) < 4.78 is 0.989. The first-order valence-electron chi connectivity index (χ1n) is 7.01. The van der Waals surface area contributed by atoms with E-state index >= 15 is 0 Å². The Bertz CT molecular complexity index is 766. The van der Waals surface area contributed by atoms with Gasteiger partial charge in [-0.15, -0.1) is 22.7 Å². The Hall–Kier alpha value is -1.70. The number of amides is 1. The molecule has 0 saturated heterocycles. The molecule has 3 rings (SSSR count). The molecule has 23 heavy (non-hydrogen) atoms. The Labute approximate surface area is 147 Å². The molecule has 0 aliphatic heterocycles. The molecule has 0 bridgehead atoms. The van der Waals surface area contributed by atoms with Gasteiger partial charge in [-0.25, -0.2) is 9.97 Å². The number of hydrogen-bond donors (Lipinski definition) is 1. The fourth-order valence-electron chi connectivity index (χ4n) is 1.88. The van der Waals surface area contributed by atoms with Crippen molar-refractivity contribution in [3.63, 3.8) is 0 Å². The van der Waals surface area contributed by atoms with Crippen LogP contribution in [-0.4, -0.2) is 15.9 Å². The molecular weight excluding hydrogens is 346 g/mol. The number of carbonyl (C=O) groups excluding carboxylic acids is 1. The lowest BCUT2D eigenvalue weighted by molar-refractivity contribution is -0.115. The lowest BCUT2D eigenvalue weighted by Crippen LogP contribution is -2.14. The third-order valence-corrected chi connectivity index (χ3v) is 5.86. The lowest BCUT2D eigenvalue weighted by atomic mass is 10.2. The topological polar surface area (TPSA) is 54.9 Å². The largest absolute Gasteiger partial charge is 0.302 e. The molecule has 0 unspecified atom stereocenters. The summed E-state index contributed by atoms with van der Waals surface area (Å²) in [5.41, 5.74) is 3.34. The minimum absolute atomic E-state index is 0.0830. The van der Waals surface area contributed by atoms with Gasteiger partial charge in [-0.1, -0.05) is 41.6 Å². The first-order chi connectivity index (χ1) is 11.2. The monoisotopic (exact) mass is 361 g/mol. The molecule has 0 aliphatic carbocycles. The van der Waals surface area contributed by atoms with Crippen LogP contribution in [0.15, 0.2) is 45.6 Å². The number of rotatable bonds is 6. The Kier molecular flexibility index (Phi) is 5.43. The number of benzene rings is 1. The summed E-state index contributed by atoms with van der Waals surface area (Å²) in [6.07, 6.45) is 1.95. The molecule has 2 heterocycles. The van der Waals surface area contributed by atoms with Crippen molar-refractivity contribution in [1.82, 2.24) is 9.97 Å². The van der Waals surface area contributed by atoms with Crippen LogP contribution in [0, 0.1) is 6.92 Å². The van der Waals surface area contributed by atoms with Gasteiger partial charge in [0.1, 0.15) is 4.34 Å². The Morgan fingerprint density at radius 3 is 2.83 bits per heavy atom. The molecule has 118 valence electrons. The van der Waals surface area contributed by atoms with E-state index in [0.717, 1.165) is 15.8 Å². The Morgan fingerprint density at radius 1 is 1.26 bits per heavy atom. The SMILES string of the molecule is Cc1ccc(CSc2nc(CC(=O)Nc3nccs3)cs2)cc1. The minimum atomic E-state index is -0.0830. The van der Waals surface area contributed by atoms with Crippen molar-refractivity contribution in [1.29, 1.82) is 0 Å². The quantitative estimate of drug-likeness (QED) is 0.662. The molecule has 0 fully saturated rings. The molecule has 0 atom stereocenters. The van der Waals surface area contributed by atoms with Crippen molar-refractivity contribution < 1.29 is 4.79 Å². The number of nitrogens with zero attached hydrogens (tertiary/aromatic N) is 2. The van der Waals surface area contributed by atoms with E-state index in [4.69, 9.17) is 0 Å². The molecular formula is C16H15N3OS3. The number of nitrogens with one attached hydrogen (secondary N) is 1. The van der Waals surface area contributed by atoms with Crippen LogP contribution in [0.5, 0.6) is 0 Å². The van der Waals surface area contributed by atoms with Crippen LogP contribution in [0.3, 0.4) is 0 Å². The van der Waals surface area contributed by atoms with Gasteiger partial charge >= 0.3 is 0 Å². The summed E-state index contributed by atoms with van der Waals surface area (Å²) in [5.74, 6) is 0.804. The van der Waals surface area contributed by atoms with Gasteiger partial charge < -0.3 is 5.32 Å². The molecule has 1 amide bonds. The van der Waals surface area contributed by atoms with Crippen molar-refractivity contribution in [2.75, 3.05) is 5.32 Å². The van der Waals surface area contributed by atoms with Gasteiger partial charge in [-0.2, -0.15) is 0 Å². The van der Waals surface area contributed by atoms with Crippen molar-refractivity contribution in [2.24, 2.45) is 0 Å². The molecule has 1 N–H and O–H groups in total. The summed E-state index contributed by atoms with van der Waals surface area (Å²) >= 11 is 4.69. The molecule has 1 aromatic carbocycles. The van der Waals surface area contributed by atoms with Crippen LogP contribution >= 0.6 is 34.4 Å². The third kappa shape index (κ3) is 4.89. The fourth-order valence-corrected chi connectivity index (χ4v) is 4.22. The maximum Gasteiger partial charge on any atom is 0.232 e. The highest BCUT2D eigenvalue weighted by Crippen LogP contribution is 2.26. The number of aryl methyl sites for hydroxylation is 1. The van der Waals surface area contributed by atoms with E-state index in [1.54, 1.807) is 29.3 Å². The second kappa shape index (κ2) is 7.72. The van der Waals surface area contributed by atoms with Crippen molar-refractivity contribution in [3.8, 4) is 0 Å². The van der Waals surface area contributed by atoms with Gasteiger partial charge in [-0.05, 0) is 12.5 Å². The van der Waals surface area contributed by atoms with Crippen molar-refractivity contribution >= 4 is 45.5 Å². The summed E-state index contributed by atoms with van der Waals surface area (Å²) in [5, 5.41) is 7.17. The average Bonchev–Trinajstić information content (AvgIpc) is 3.19. The van der Waals surface area contributed by atoms with Gasteiger partial charge in [0.05, 0.1) is 12.1 Å². The molecule has 0 spiro atoms. The van der Waals surface area contributed by atoms with E-state index in [1.165, 1.54) is 22.5 Å². The van der Waals surface area contributed by atoms with Crippen LogP contribution in [0.1, 0.15) is 16.8 Å². The van der Waals surface area contributed by atoms with Gasteiger partial charge in [-0.3, -0.25) is 4.79 Å². The van der Waals surface area contributed by atoms with E-state index in [0.29, 0.717) is 5.13 Å². The van der Waals surface area contributed by atoms with E-state index in [-0.39, 0.29) is 12.3 Å². The van der Waals surface area contributed by atoms with Gasteiger partial charge in [0.2, 0.25) is 5.91 Å². The number of thiazole rings is 2. The summed E-state index contributed by atoms with van der Waals surface area (Å²) in [6.45, 7) is 2.08. The second-order valence-corrected chi connectivity index (χ2v) is 7.92. The lowest BCUT2D eigenvalue weighted by Gasteiger charge is -2.00. The molecule has 3 aromatic rings. The standard InChI is InChI=1S/C16H15N3OS3/c1-11-2-4-12(5-3-11)9-22-16-18-13(10-23-16)8-14(20)19-15-17-6-7-21-15/h2-7,10H,8-9H2,1H3,(H,17,19,20). The van der Waals surface area contributed by atoms with E-state index in [9.17, 15) is 4.79 Å². The zero-order chi connectivity index (χ0) is 16.1. The van der Waals surface area contributed by atoms with Crippen LogP contribution < -0.4 is 5.32 Å². The fraction of sp³-hybridized carbons (Fsp3) is 0.188. The highest BCUT2D eigenvalue weighted by molar-refractivity contribution is 8.00. The smallest absolute Gasteiger partial charge is 0.232 e. The minimum Gasteiger partial charge on any atom is -0.302 e. The van der Waals surface area contributed by atoms with E-state index in [1.807, 2.05) is 10.8 Å². The molecule has 7 heteroatoms. The van der Waals surface area contributed by atoms with Crippen LogP contribution in [0.2, 0.25) is 0 Å². The van der Waals surface area contributed by atoms with Crippen LogP contribution in [-0.2, 0) is 17.0 Å². The first-order valence-corrected chi connectivity index (χ1v) is 9.75. The summed E-state index contributed by atoms with van der Waals surface area (Å²) in [4.78, 5) is 20.5. The highest BCUT2D eigenvalue weighted by Gasteiger charge is 2.09. The van der Waals surface area contributed by atoms with Crippen LogP contribution in [0.25, 0.3) is 0 Å². The summed E-state index contributed by atoms with van der Waals surface area (Å²) in [6, 6.07) is 8.51. The summed E-state index contributed by atoms with van der Waals surface area (Å²) in [7, 11) is 0. The van der Waals surface area contributed by atoms with E-state index < -0.39 is 0 Å². The number of carbonyl (C=O) groups is 1. The number of thioether (sulfide) groups is 1.